The molecule has 1 aromatic rings. The van der Waals surface area contributed by atoms with Crippen LogP contribution in [-0.2, 0) is 0 Å². The Morgan fingerprint density at radius 2 is 1.85 bits per heavy atom. The molecule has 2 N–H and O–H groups in total. The van der Waals surface area contributed by atoms with Crippen LogP contribution in [0.2, 0.25) is 0 Å². The average molecular weight is 183 g/mol. The molecule has 13 heavy (non-hydrogen) atoms. The quantitative estimate of drug-likeness (QED) is 0.716. The zero-order valence-corrected chi connectivity index (χ0v) is 7.13. The molecule has 0 aliphatic rings. The van der Waals surface area contributed by atoms with Gasteiger partial charge in [-0.25, -0.2) is 8.78 Å². The highest BCUT2D eigenvalue weighted by Gasteiger charge is 2.06. The number of rotatable bonds is 3. The zero-order chi connectivity index (χ0) is 9.84. The summed E-state index contributed by atoms with van der Waals surface area (Å²) in [7, 11) is 0. The summed E-state index contributed by atoms with van der Waals surface area (Å²) in [4.78, 5) is 0. The van der Waals surface area contributed by atoms with Crippen molar-refractivity contribution in [1.82, 2.24) is 0 Å². The predicted molar refractivity (Wildman–Crippen MR) is 48.1 cm³/mol. The van der Waals surface area contributed by atoms with Crippen molar-refractivity contribution < 1.29 is 8.78 Å². The lowest BCUT2D eigenvalue weighted by Crippen LogP contribution is -2.09. The van der Waals surface area contributed by atoms with E-state index in [1.807, 2.05) is 0 Å². The second kappa shape index (κ2) is 4.14. The molecule has 3 heteroatoms. The second-order valence-corrected chi connectivity index (χ2v) is 2.83. The van der Waals surface area contributed by atoms with Gasteiger partial charge < -0.3 is 5.73 Å². The molecule has 0 bridgehead atoms. The van der Waals surface area contributed by atoms with Gasteiger partial charge in [-0.1, -0.05) is 6.08 Å². The number of benzene rings is 1. The van der Waals surface area contributed by atoms with Crippen LogP contribution in [0.3, 0.4) is 0 Å². The van der Waals surface area contributed by atoms with Gasteiger partial charge in [-0.2, -0.15) is 0 Å². The van der Waals surface area contributed by atoms with Crippen molar-refractivity contribution in [2.45, 2.75) is 12.5 Å². The van der Waals surface area contributed by atoms with Crippen LogP contribution < -0.4 is 5.73 Å². The monoisotopic (exact) mass is 183 g/mol. The van der Waals surface area contributed by atoms with Gasteiger partial charge in [0.25, 0.3) is 0 Å². The maximum atomic E-state index is 12.7. The minimum absolute atomic E-state index is 0.386. The topological polar surface area (TPSA) is 26.0 Å². The van der Waals surface area contributed by atoms with Gasteiger partial charge in [0.15, 0.2) is 0 Å². The molecule has 1 aromatic carbocycles. The highest BCUT2D eigenvalue weighted by Crippen LogP contribution is 2.16. The molecule has 0 saturated carbocycles. The second-order valence-electron chi connectivity index (χ2n) is 2.83. The van der Waals surface area contributed by atoms with Crippen molar-refractivity contribution in [2.75, 3.05) is 0 Å². The molecule has 0 aliphatic heterocycles. The van der Waals surface area contributed by atoms with E-state index in [2.05, 4.69) is 6.58 Å². The van der Waals surface area contributed by atoms with E-state index in [9.17, 15) is 8.78 Å². The molecule has 1 rings (SSSR count). The van der Waals surface area contributed by atoms with Gasteiger partial charge in [0, 0.05) is 12.1 Å². The third-order valence-corrected chi connectivity index (χ3v) is 1.73. The van der Waals surface area contributed by atoms with Crippen molar-refractivity contribution in [3.63, 3.8) is 0 Å². The van der Waals surface area contributed by atoms with Crippen LogP contribution in [0.4, 0.5) is 8.78 Å². The van der Waals surface area contributed by atoms with Gasteiger partial charge in [-0.05, 0) is 24.1 Å². The number of hydrogen-bond acceptors (Lipinski definition) is 1. The third kappa shape index (κ3) is 2.63. The van der Waals surface area contributed by atoms with Crippen molar-refractivity contribution in [3.05, 3.63) is 48.1 Å². The van der Waals surface area contributed by atoms with Crippen LogP contribution in [0.5, 0.6) is 0 Å². The van der Waals surface area contributed by atoms with Gasteiger partial charge in [0.05, 0.1) is 0 Å². The lowest BCUT2D eigenvalue weighted by Gasteiger charge is -2.09. The summed E-state index contributed by atoms with van der Waals surface area (Å²) in [5.41, 5.74) is 6.09. The molecule has 0 aromatic heterocycles. The number of nitrogens with two attached hydrogens (primary N) is 1. The fraction of sp³-hybridized carbons (Fsp3) is 0.200. The maximum absolute atomic E-state index is 12.7. The van der Waals surface area contributed by atoms with Crippen molar-refractivity contribution in [2.24, 2.45) is 5.73 Å². The molecule has 1 atom stereocenters. The van der Waals surface area contributed by atoms with E-state index < -0.39 is 11.6 Å². The van der Waals surface area contributed by atoms with Crippen LogP contribution in [0.15, 0.2) is 30.9 Å². The Bertz CT molecular complexity index is 290. The van der Waals surface area contributed by atoms with Crippen molar-refractivity contribution in [1.29, 1.82) is 0 Å². The van der Waals surface area contributed by atoms with Crippen LogP contribution in [0.1, 0.15) is 18.0 Å². The Hall–Kier alpha value is -1.22. The SMILES string of the molecule is C=CC[C@@H](N)c1cc(F)cc(F)c1. The molecular formula is C10H11F2N. The predicted octanol–water partition coefficient (Wildman–Crippen LogP) is 2.54. The maximum Gasteiger partial charge on any atom is 0.126 e. The van der Waals surface area contributed by atoms with E-state index in [0.717, 1.165) is 6.07 Å². The summed E-state index contributed by atoms with van der Waals surface area (Å²) in [5, 5.41) is 0. The van der Waals surface area contributed by atoms with Crippen LogP contribution in [0.25, 0.3) is 0 Å². The first-order valence-corrected chi connectivity index (χ1v) is 3.96. The Morgan fingerprint density at radius 1 is 1.31 bits per heavy atom. The summed E-state index contributed by atoms with van der Waals surface area (Å²) < 4.78 is 25.4. The first-order chi connectivity index (χ1) is 6.13. The fourth-order valence-corrected chi connectivity index (χ4v) is 1.10. The Balaban J connectivity index is 2.93. The molecule has 0 saturated heterocycles. The Kier molecular flexibility index (Phi) is 3.14. The summed E-state index contributed by atoms with van der Waals surface area (Å²) in [6, 6.07) is 2.90. The largest absolute Gasteiger partial charge is 0.324 e. The normalized spacial score (nSPS) is 12.5. The van der Waals surface area contributed by atoms with E-state index in [-0.39, 0.29) is 6.04 Å². The minimum atomic E-state index is -0.602. The Labute approximate surface area is 75.9 Å². The Morgan fingerprint density at radius 3 is 2.31 bits per heavy atom. The van der Waals surface area contributed by atoms with E-state index in [4.69, 9.17) is 5.73 Å². The van der Waals surface area contributed by atoms with Crippen LogP contribution in [-0.4, -0.2) is 0 Å². The van der Waals surface area contributed by atoms with Crippen molar-refractivity contribution >= 4 is 0 Å². The molecule has 0 heterocycles. The molecule has 70 valence electrons. The molecule has 0 unspecified atom stereocenters. The van der Waals surface area contributed by atoms with Crippen molar-refractivity contribution in [3.8, 4) is 0 Å². The summed E-state index contributed by atoms with van der Waals surface area (Å²) >= 11 is 0. The first-order valence-electron chi connectivity index (χ1n) is 3.96. The number of halogens is 2. The lowest BCUT2D eigenvalue weighted by atomic mass is 10.0. The number of hydrogen-bond donors (Lipinski definition) is 1. The smallest absolute Gasteiger partial charge is 0.126 e. The standard InChI is InChI=1S/C10H11F2N/c1-2-3-10(13)7-4-8(11)6-9(12)5-7/h2,4-6,10H,1,3,13H2/t10-/m1/s1. The summed E-state index contributed by atoms with van der Waals surface area (Å²) in [6.45, 7) is 3.50. The highest BCUT2D eigenvalue weighted by molar-refractivity contribution is 5.21. The molecule has 0 aliphatic carbocycles. The van der Waals surface area contributed by atoms with Gasteiger partial charge >= 0.3 is 0 Å². The fourth-order valence-electron chi connectivity index (χ4n) is 1.10. The van der Waals surface area contributed by atoms with Gasteiger partial charge in [-0.3, -0.25) is 0 Å². The summed E-state index contributed by atoms with van der Waals surface area (Å²) in [6.07, 6.45) is 2.12. The third-order valence-electron chi connectivity index (χ3n) is 1.73. The molecule has 0 fully saturated rings. The highest BCUT2D eigenvalue weighted by atomic mass is 19.1. The van der Waals surface area contributed by atoms with Gasteiger partial charge in [0.2, 0.25) is 0 Å². The van der Waals surface area contributed by atoms with Crippen LogP contribution in [0, 0.1) is 11.6 Å². The van der Waals surface area contributed by atoms with Crippen LogP contribution >= 0.6 is 0 Å². The lowest BCUT2D eigenvalue weighted by molar-refractivity contribution is 0.573. The molecule has 0 amide bonds. The zero-order valence-electron chi connectivity index (χ0n) is 7.13. The minimum Gasteiger partial charge on any atom is -0.324 e. The van der Waals surface area contributed by atoms with E-state index in [1.54, 1.807) is 6.08 Å². The molecule has 0 radical (unpaired) electrons. The average Bonchev–Trinajstić information content (AvgIpc) is 2.03. The van der Waals surface area contributed by atoms with E-state index in [0.29, 0.717) is 12.0 Å². The van der Waals surface area contributed by atoms with E-state index in [1.165, 1.54) is 12.1 Å². The molecule has 0 spiro atoms. The van der Waals surface area contributed by atoms with E-state index >= 15 is 0 Å². The molecule has 1 nitrogen and oxygen atoms in total. The van der Waals surface area contributed by atoms with Gasteiger partial charge in [0.1, 0.15) is 11.6 Å². The van der Waals surface area contributed by atoms with Gasteiger partial charge in [-0.15, -0.1) is 6.58 Å². The molecular weight excluding hydrogens is 172 g/mol. The first kappa shape index (κ1) is 9.86. The summed E-state index contributed by atoms with van der Waals surface area (Å²) in [5.74, 6) is -1.20.